The average molecular weight is 294 g/mol. The zero-order valence-corrected chi connectivity index (χ0v) is 12.2. The molecule has 116 valence electrons. The molecule has 2 amide bonds. The third kappa shape index (κ3) is 4.47. The molecule has 0 aliphatic heterocycles. The number of nitrogens with one attached hydrogen (secondary N) is 2. The van der Waals surface area contributed by atoms with Crippen LogP contribution in [0.1, 0.15) is 31.4 Å². The predicted octanol–water partition coefficient (Wildman–Crippen LogP) is 1.24. The normalized spacial score (nSPS) is 16.6. The first-order chi connectivity index (χ1) is 10.1. The number of amides is 2. The molecule has 1 aliphatic carbocycles. The van der Waals surface area contributed by atoms with Gasteiger partial charge in [0.2, 0.25) is 0 Å². The fourth-order valence-electron chi connectivity index (χ4n) is 2.74. The summed E-state index contributed by atoms with van der Waals surface area (Å²) in [4.78, 5) is 31.6. The highest BCUT2D eigenvalue weighted by Crippen LogP contribution is 2.25. The summed E-state index contributed by atoms with van der Waals surface area (Å²) in [6, 6.07) is -1.29. The van der Waals surface area contributed by atoms with Gasteiger partial charge in [0.1, 0.15) is 6.04 Å². The predicted molar refractivity (Wildman–Crippen MR) is 76.8 cm³/mol. The van der Waals surface area contributed by atoms with Crippen molar-refractivity contribution >= 4 is 12.0 Å². The van der Waals surface area contributed by atoms with Crippen LogP contribution in [0.3, 0.4) is 0 Å². The number of carbonyl (C=O) groups is 2. The topological polar surface area (TPSA) is 98.3 Å². The Hall–Kier alpha value is -2.05. The molecule has 1 aromatic heterocycles. The van der Waals surface area contributed by atoms with E-state index in [2.05, 4.69) is 15.3 Å². The van der Waals surface area contributed by atoms with Crippen molar-refractivity contribution in [3.63, 3.8) is 0 Å². The maximum atomic E-state index is 12.1. The molecule has 0 radical (unpaired) electrons. The minimum atomic E-state index is -1.05. The molecule has 7 nitrogen and oxygen atoms in total. The van der Waals surface area contributed by atoms with E-state index in [1.165, 1.54) is 19.2 Å². The fraction of sp³-hybridized carbons (Fsp3) is 0.643. The molecule has 1 fully saturated rings. The van der Waals surface area contributed by atoms with E-state index in [0.29, 0.717) is 18.2 Å². The van der Waals surface area contributed by atoms with Crippen molar-refractivity contribution in [2.24, 2.45) is 5.92 Å². The van der Waals surface area contributed by atoms with E-state index in [1.54, 1.807) is 18.1 Å². The summed E-state index contributed by atoms with van der Waals surface area (Å²) in [6.45, 7) is 0.683. The Kier molecular flexibility index (Phi) is 5.19. The van der Waals surface area contributed by atoms with E-state index in [0.717, 1.165) is 12.8 Å². The number of aromatic nitrogens is 2. The number of rotatable bonds is 6. The molecular weight excluding hydrogens is 272 g/mol. The lowest BCUT2D eigenvalue weighted by Gasteiger charge is -2.23. The second-order valence-corrected chi connectivity index (χ2v) is 5.65. The summed E-state index contributed by atoms with van der Waals surface area (Å²) in [7, 11) is 1.71. The van der Waals surface area contributed by atoms with E-state index in [-0.39, 0.29) is 12.5 Å². The number of H-pyrrole nitrogens is 1. The van der Waals surface area contributed by atoms with Gasteiger partial charge in [0, 0.05) is 31.9 Å². The maximum absolute atomic E-state index is 12.1. The van der Waals surface area contributed by atoms with Crippen LogP contribution in [0.4, 0.5) is 4.79 Å². The zero-order chi connectivity index (χ0) is 15.2. The molecule has 0 saturated heterocycles. The number of imidazole rings is 1. The average Bonchev–Trinajstić information content (AvgIpc) is 3.10. The molecule has 1 atom stereocenters. The van der Waals surface area contributed by atoms with Crippen LogP contribution in [0.5, 0.6) is 0 Å². The van der Waals surface area contributed by atoms with Crippen LogP contribution in [-0.4, -0.2) is 51.6 Å². The standard InChI is InChI=1S/C14H22N4O3/c1-18(8-10-4-2-3-5-10)14(21)17-12(13(19)20)6-11-7-15-9-16-11/h7,9-10,12H,2-6,8H2,1H3,(H,15,16)(H,17,21)(H,19,20)/t12-/m1/s1. The SMILES string of the molecule is CN(CC1CCCC1)C(=O)N[C@H](Cc1cnc[nH]1)C(=O)O. The second-order valence-electron chi connectivity index (χ2n) is 5.65. The third-order valence-electron chi connectivity index (χ3n) is 3.93. The van der Waals surface area contributed by atoms with Crippen LogP contribution in [-0.2, 0) is 11.2 Å². The molecule has 1 aliphatic rings. The molecule has 3 N–H and O–H groups in total. The van der Waals surface area contributed by atoms with Gasteiger partial charge in [0.15, 0.2) is 0 Å². The summed E-state index contributed by atoms with van der Waals surface area (Å²) in [6.07, 6.45) is 7.97. The molecule has 0 unspecified atom stereocenters. The molecule has 2 rings (SSSR count). The Morgan fingerprint density at radius 3 is 2.81 bits per heavy atom. The van der Waals surface area contributed by atoms with Gasteiger partial charge in [-0.05, 0) is 18.8 Å². The van der Waals surface area contributed by atoms with Crippen molar-refractivity contribution in [2.45, 2.75) is 38.1 Å². The van der Waals surface area contributed by atoms with Gasteiger partial charge < -0.3 is 20.3 Å². The lowest BCUT2D eigenvalue weighted by Crippen LogP contribution is -2.48. The van der Waals surface area contributed by atoms with Crippen molar-refractivity contribution in [3.8, 4) is 0 Å². The first-order valence-electron chi connectivity index (χ1n) is 7.28. The third-order valence-corrected chi connectivity index (χ3v) is 3.93. The second kappa shape index (κ2) is 7.10. The van der Waals surface area contributed by atoms with Crippen LogP contribution in [0.15, 0.2) is 12.5 Å². The largest absolute Gasteiger partial charge is 0.480 e. The molecule has 7 heteroatoms. The lowest BCUT2D eigenvalue weighted by molar-refractivity contribution is -0.139. The molecule has 1 aromatic rings. The van der Waals surface area contributed by atoms with Gasteiger partial charge in [0.05, 0.1) is 6.33 Å². The van der Waals surface area contributed by atoms with Gasteiger partial charge in [-0.25, -0.2) is 14.6 Å². The Bertz CT molecular complexity index is 469. The van der Waals surface area contributed by atoms with Crippen molar-refractivity contribution in [3.05, 3.63) is 18.2 Å². The first kappa shape index (κ1) is 15.3. The van der Waals surface area contributed by atoms with Crippen molar-refractivity contribution < 1.29 is 14.7 Å². The molecule has 21 heavy (non-hydrogen) atoms. The molecular formula is C14H22N4O3. The molecule has 0 aromatic carbocycles. The van der Waals surface area contributed by atoms with Crippen LogP contribution in [0, 0.1) is 5.92 Å². The minimum Gasteiger partial charge on any atom is -0.480 e. The number of urea groups is 1. The molecule has 1 saturated carbocycles. The van der Waals surface area contributed by atoms with Crippen molar-refractivity contribution in [1.82, 2.24) is 20.2 Å². The van der Waals surface area contributed by atoms with Crippen molar-refractivity contribution in [2.75, 3.05) is 13.6 Å². The van der Waals surface area contributed by atoms with Gasteiger partial charge in [-0.3, -0.25) is 0 Å². The van der Waals surface area contributed by atoms with Gasteiger partial charge in [-0.15, -0.1) is 0 Å². The number of carboxylic acid groups (broad SMARTS) is 1. The molecule has 1 heterocycles. The minimum absolute atomic E-state index is 0.193. The summed E-state index contributed by atoms with van der Waals surface area (Å²) in [5, 5.41) is 11.8. The zero-order valence-electron chi connectivity index (χ0n) is 12.2. The quantitative estimate of drug-likeness (QED) is 0.735. The Morgan fingerprint density at radius 1 is 1.52 bits per heavy atom. The number of carbonyl (C=O) groups excluding carboxylic acids is 1. The monoisotopic (exact) mass is 294 g/mol. The highest BCUT2D eigenvalue weighted by molar-refractivity contribution is 5.82. The lowest BCUT2D eigenvalue weighted by atomic mass is 10.1. The Labute approximate surface area is 123 Å². The maximum Gasteiger partial charge on any atom is 0.326 e. The van der Waals surface area contributed by atoms with Crippen LogP contribution < -0.4 is 5.32 Å². The number of nitrogens with zero attached hydrogens (tertiary/aromatic N) is 2. The van der Waals surface area contributed by atoms with Crippen LogP contribution in [0.25, 0.3) is 0 Å². The summed E-state index contributed by atoms with van der Waals surface area (Å²) >= 11 is 0. The van der Waals surface area contributed by atoms with Crippen LogP contribution in [0.2, 0.25) is 0 Å². The molecule has 0 bridgehead atoms. The van der Waals surface area contributed by atoms with Crippen molar-refractivity contribution in [1.29, 1.82) is 0 Å². The van der Waals surface area contributed by atoms with E-state index < -0.39 is 12.0 Å². The summed E-state index contributed by atoms with van der Waals surface area (Å²) in [5.41, 5.74) is 0.682. The first-order valence-corrected chi connectivity index (χ1v) is 7.28. The Balaban J connectivity index is 1.86. The smallest absolute Gasteiger partial charge is 0.326 e. The van der Waals surface area contributed by atoms with E-state index >= 15 is 0 Å². The van der Waals surface area contributed by atoms with Gasteiger partial charge in [-0.2, -0.15) is 0 Å². The van der Waals surface area contributed by atoms with E-state index in [1.807, 2.05) is 0 Å². The number of hydrogen-bond acceptors (Lipinski definition) is 3. The fourth-order valence-corrected chi connectivity index (χ4v) is 2.74. The Morgan fingerprint density at radius 2 is 2.24 bits per heavy atom. The van der Waals surface area contributed by atoms with E-state index in [9.17, 15) is 14.7 Å². The number of aliphatic carboxylic acids is 1. The summed E-state index contributed by atoms with van der Waals surface area (Å²) < 4.78 is 0. The molecule has 0 spiro atoms. The van der Waals surface area contributed by atoms with Gasteiger partial charge >= 0.3 is 12.0 Å². The highest BCUT2D eigenvalue weighted by Gasteiger charge is 2.24. The van der Waals surface area contributed by atoms with Gasteiger partial charge in [0.25, 0.3) is 0 Å². The van der Waals surface area contributed by atoms with Gasteiger partial charge in [-0.1, -0.05) is 12.8 Å². The number of carboxylic acids is 1. The number of aromatic amines is 1. The highest BCUT2D eigenvalue weighted by atomic mass is 16.4. The number of hydrogen-bond donors (Lipinski definition) is 3. The van der Waals surface area contributed by atoms with Crippen LogP contribution >= 0.6 is 0 Å². The summed E-state index contributed by atoms with van der Waals surface area (Å²) in [5.74, 6) is -0.510. The van der Waals surface area contributed by atoms with E-state index in [4.69, 9.17) is 0 Å².